The zero-order valence-electron chi connectivity index (χ0n) is 23.4. The summed E-state index contributed by atoms with van der Waals surface area (Å²) in [5.41, 5.74) is -1.68. The van der Waals surface area contributed by atoms with Gasteiger partial charge in [0.15, 0.2) is 0 Å². The van der Waals surface area contributed by atoms with Crippen molar-refractivity contribution in [3.05, 3.63) is 0 Å². The second kappa shape index (κ2) is 22.3. The number of ether oxygens (including phenoxy) is 7. The third-order valence-corrected chi connectivity index (χ3v) is 6.78. The molecule has 2 aliphatic rings. The van der Waals surface area contributed by atoms with Crippen molar-refractivity contribution in [2.45, 2.75) is 24.6 Å². The summed E-state index contributed by atoms with van der Waals surface area (Å²) in [5.74, 6) is 0. The number of piperazine rings is 1. The van der Waals surface area contributed by atoms with Gasteiger partial charge in [0.25, 0.3) is 0 Å². The summed E-state index contributed by atoms with van der Waals surface area (Å²) in [4.78, 5) is 3.83. The van der Waals surface area contributed by atoms with Gasteiger partial charge < -0.3 is 38.5 Å². The minimum Gasteiger partial charge on any atom is -0.382 e. The molecule has 0 aromatic heterocycles. The average Bonchev–Trinajstić information content (AvgIpc) is 2.92. The minimum atomic E-state index is -4.20. The Balaban J connectivity index is 0.00000760. The molecule has 0 aromatic carbocycles. The summed E-state index contributed by atoms with van der Waals surface area (Å²) in [5, 5.41) is 3.05. The van der Waals surface area contributed by atoms with E-state index in [0.29, 0.717) is 132 Å². The first-order valence-corrected chi connectivity index (χ1v) is 13.7. The van der Waals surface area contributed by atoms with E-state index in [-0.39, 0.29) is 25.2 Å². The lowest BCUT2D eigenvalue weighted by molar-refractivity contribution is -0.244. The van der Waals surface area contributed by atoms with E-state index in [1.807, 2.05) is 0 Å². The van der Waals surface area contributed by atoms with Crippen molar-refractivity contribution in [3.8, 4) is 0 Å². The van der Waals surface area contributed by atoms with Gasteiger partial charge in [-0.2, -0.15) is 13.2 Å². The van der Waals surface area contributed by atoms with E-state index < -0.39 is 11.7 Å². The van der Waals surface area contributed by atoms with Crippen LogP contribution in [-0.2, 0) is 33.2 Å². The fraction of sp³-hybridized carbons (Fsp3) is 1.00. The highest BCUT2D eigenvalue weighted by Gasteiger charge is 2.58. The molecule has 14 heteroatoms. The molecule has 2 heterocycles. The fourth-order valence-electron chi connectivity index (χ4n) is 4.56. The molecule has 234 valence electrons. The first kappa shape index (κ1) is 36.7. The molecule has 2 aliphatic heterocycles. The van der Waals surface area contributed by atoms with Crippen LogP contribution in [0.15, 0.2) is 0 Å². The SMILES string of the molecule is COCCOCCOCCOCCOCCOCCOCCN1CCN(C2(C(F)(F)F)CCNCC2)CC1.Cl. The zero-order chi connectivity index (χ0) is 27.4. The third-order valence-electron chi connectivity index (χ3n) is 6.78. The highest BCUT2D eigenvalue weighted by molar-refractivity contribution is 5.85. The van der Waals surface area contributed by atoms with Crippen molar-refractivity contribution in [2.75, 3.05) is 139 Å². The van der Waals surface area contributed by atoms with Gasteiger partial charge in [0, 0.05) is 39.8 Å². The van der Waals surface area contributed by atoms with Gasteiger partial charge in [-0.1, -0.05) is 0 Å². The number of methoxy groups -OCH3 is 1. The van der Waals surface area contributed by atoms with Gasteiger partial charge in [0.2, 0.25) is 0 Å². The predicted octanol–water partition coefficient (Wildman–Crippen LogP) is 1.46. The van der Waals surface area contributed by atoms with E-state index in [2.05, 4.69) is 10.2 Å². The summed E-state index contributed by atoms with van der Waals surface area (Å²) >= 11 is 0. The Kier molecular flexibility index (Phi) is 21.0. The smallest absolute Gasteiger partial charge is 0.382 e. The Bertz CT molecular complexity index is 572. The lowest BCUT2D eigenvalue weighted by Gasteiger charge is -2.50. The predicted molar refractivity (Wildman–Crippen MR) is 143 cm³/mol. The number of alkyl halides is 3. The average molecular weight is 596 g/mol. The van der Waals surface area contributed by atoms with Crippen LogP contribution >= 0.6 is 12.4 Å². The van der Waals surface area contributed by atoms with E-state index in [1.54, 1.807) is 12.0 Å². The Hall–Kier alpha value is -0.320. The van der Waals surface area contributed by atoms with Crippen LogP contribution in [-0.4, -0.2) is 160 Å². The second-order valence-corrected chi connectivity index (χ2v) is 9.28. The largest absolute Gasteiger partial charge is 0.406 e. The van der Waals surface area contributed by atoms with E-state index in [0.717, 1.165) is 0 Å². The molecule has 0 unspecified atom stereocenters. The molecule has 0 amide bonds. The van der Waals surface area contributed by atoms with Crippen molar-refractivity contribution >= 4 is 12.4 Å². The number of hydrogen-bond acceptors (Lipinski definition) is 10. The summed E-state index contributed by atoms with van der Waals surface area (Å²) < 4.78 is 79.2. The summed E-state index contributed by atoms with van der Waals surface area (Å²) in [7, 11) is 1.64. The quantitative estimate of drug-likeness (QED) is 0.186. The Morgan fingerprint density at radius 3 is 1.38 bits per heavy atom. The van der Waals surface area contributed by atoms with Crippen LogP contribution < -0.4 is 5.32 Å². The Labute approximate surface area is 237 Å². The zero-order valence-corrected chi connectivity index (χ0v) is 24.2. The van der Waals surface area contributed by atoms with E-state index in [4.69, 9.17) is 33.2 Å². The van der Waals surface area contributed by atoms with Crippen LogP contribution in [0.2, 0.25) is 0 Å². The number of nitrogens with one attached hydrogen (secondary N) is 1. The van der Waals surface area contributed by atoms with Crippen molar-refractivity contribution < 1.29 is 46.3 Å². The standard InChI is InChI=1S/C25H48F3N3O7.ClH/c1-32-12-13-34-16-17-36-20-21-38-23-22-37-19-18-35-15-14-33-11-10-30-6-8-31(9-7-30)24(25(26,27)28)2-4-29-5-3-24;/h29H,2-23H2,1H3;1H. The highest BCUT2D eigenvalue weighted by Crippen LogP contribution is 2.42. The molecule has 0 aromatic rings. The van der Waals surface area contributed by atoms with Crippen LogP contribution in [0.25, 0.3) is 0 Å². The van der Waals surface area contributed by atoms with Gasteiger partial charge in [-0.05, 0) is 25.9 Å². The molecule has 2 fully saturated rings. The molecule has 0 spiro atoms. The molecule has 10 nitrogen and oxygen atoms in total. The summed E-state index contributed by atoms with van der Waals surface area (Å²) in [6, 6.07) is 0. The van der Waals surface area contributed by atoms with E-state index in [1.165, 1.54) is 0 Å². The maximum Gasteiger partial charge on any atom is 0.406 e. The summed E-state index contributed by atoms with van der Waals surface area (Å²) in [6.45, 7) is 10.4. The molecule has 0 aliphatic carbocycles. The number of piperidine rings is 1. The van der Waals surface area contributed by atoms with E-state index >= 15 is 0 Å². The van der Waals surface area contributed by atoms with Gasteiger partial charge in [-0.15, -0.1) is 12.4 Å². The Morgan fingerprint density at radius 1 is 0.615 bits per heavy atom. The molecule has 0 saturated carbocycles. The highest BCUT2D eigenvalue weighted by atomic mass is 35.5. The van der Waals surface area contributed by atoms with Gasteiger partial charge in [-0.3, -0.25) is 9.80 Å². The van der Waals surface area contributed by atoms with Crippen LogP contribution in [0.3, 0.4) is 0 Å². The second-order valence-electron chi connectivity index (χ2n) is 9.28. The molecular weight excluding hydrogens is 547 g/mol. The topological polar surface area (TPSA) is 83.1 Å². The lowest BCUT2D eigenvalue weighted by atomic mass is 9.85. The molecule has 0 bridgehead atoms. The molecule has 39 heavy (non-hydrogen) atoms. The molecule has 2 rings (SSSR count). The number of nitrogens with zero attached hydrogens (tertiary/aromatic N) is 2. The first-order valence-electron chi connectivity index (χ1n) is 13.7. The van der Waals surface area contributed by atoms with Crippen LogP contribution in [0.5, 0.6) is 0 Å². The number of halogens is 4. The van der Waals surface area contributed by atoms with Gasteiger partial charge in [0.1, 0.15) is 5.54 Å². The minimum absolute atomic E-state index is 0. The van der Waals surface area contributed by atoms with Crippen molar-refractivity contribution in [2.24, 2.45) is 0 Å². The number of rotatable bonds is 22. The van der Waals surface area contributed by atoms with Crippen LogP contribution in [0.1, 0.15) is 12.8 Å². The first-order chi connectivity index (χ1) is 18.5. The van der Waals surface area contributed by atoms with Gasteiger partial charge >= 0.3 is 6.18 Å². The normalized spacial score (nSPS) is 18.8. The van der Waals surface area contributed by atoms with Crippen molar-refractivity contribution in [1.82, 2.24) is 15.1 Å². The third kappa shape index (κ3) is 14.9. The summed E-state index contributed by atoms with van der Waals surface area (Å²) in [6.07, 6.45) is -3.95. The van der Waals surface area contributed by atoms with Crippen molar-refractivity contribution in [3.63, 3.8) is 0 Å². The maximum atomic E-state index is 13.9. The number of hydrogen-bond donors (Lipinski definition) is 1. The fourth-order valence-corrected chi connectivity index (χ4v) is 4.56. The maximum absolute atomic E-state index is 13.9. The molecule has 1 N–H and O–H groups in total. The van der Waals surface area contributed by atoms with Crippen LogP contribution in [0.4, 0.5) is 13.2 Å². The molecule has 0 radical (unpaired) electrons. The Morgan fingerprint density at radius 2 is 1.00 bits per heavy atom. The molecular formula is C25H49ClF3N3O7. The van der Waals surface area contributed by atoms with Gasteiger partial charge in [-0.25, -0.2) is 0 Å². The van der Waals surface area contributed by atoms with Crippen LogP contribution in [0, 0.1) is 0 Å². The lowest BCUT2D eigenvalue weighted by Crippen LogP contribution is -2.66. The van der Waals surface area contributed by atoms with Gasteiger partial charge in [0.05, 0.1) is 85.9 Å². The molecule has 2 saturated heterocycles. The van der Waals surface area contributed by atoms with Crippen molar-refractivity contribution in [1.29, 1.82) is 0 Å². The monoisotopic (exact) mass is 595 g/mol. The molecule has 0 atom stereocenters. The van der Waals surface area contributed by atoms with E-state index in [9.17, 15) is 13.2 Å².